The Bertz CT molecular complexity index is 887. The van der Waals surface area contributed by atoms with Gasteiger partial charge in [-0.2, -0.15) is 0 Å². The van der Waals surface area contributed by atoms with Crippen molar-refractivity contribution in [3.63, 3.8) is 0 Å². The van der Waals surface area contributed by atoms with Crippen LogP contribution in [0.15, 0.2) is 42.0 Å². The quantitative estimate of drug-likeness (QED) is 0.709. The second-order valence-corrected chi connectivity index (χ2v) is 7.72. The molecule has 0 bridgehead atoms. The van der Waals surface area contributed by atoms with Crippen molar-refractivity contribution in [2.24, 2.45) is 0 Å². The molecular weight excluding hydrogens is 360 g/mol. The summed E-state index contributed by atoms with van der Waals surface area (Å²) in [5, 5.41) is 16.4. The van der Waals surface area contributed by atoms with E-state index in [2.05, 4.69) is 43.3 Å². The van der Waals surface area contributed by atoms with E-state index in [9.17, 15) is 4.79 Å². The molecule has 0 aliphatic carbocycles. The van der Waals surface area contributed by atoms with Crippen LogP contribution in [0.2, 0.25) is 0 Å². The Labute approximate surface area is 162 Å². The number of amides is 1. The summed E-state index contributed by atoms with van der Waals surface area (Å²) in [6, 6.07) is 10.0. The van der Waals surface area contributed by atoms with Gasteiger partial charge in [-0.05, 0) is 78.5 Å². The Balaban J connectivity index is 1.46. The Kier molecular flexibility index (Phi) is 5.26. The van der Waals surface area contributed by atoms with Crippen molar-refractivity contribution in [2.75, 3.05) is 19.6 Å². The lowest BCUT2D eigenvalue weighted by Crippen LogP contribution is -2.36. The Morgan fingerprint density at radius 3 is 2.81 bits per heavy atom. The van der Waals surface area contributed by atoms with Crippen molar-refractivity contribution >= 4 is 17.2 Å². The van der Waals surface area contributed by atoms with Gasteiger partial charge in [-0.3, -0.25) is 9.69 Å². The molecule has 2 aromatic heterocycles. The van der Waals surface area contributed by atoms with Gasteiger partial charge in [-0.25, -0.2) is 4.68 Å². The van der Waals surface area contributed by atoms with Crippen LogP contribution in [0.4, 0.5) is 0 Å². The van der Waals surface area contributed by atoms with Crippen molar-refractivity contribution in [1.29, 1.82) is 0 Å². The normalized spacial score (nSPS) is 15.7. The maximum absolute atomic E-state index is 12.7. The number of aromatic nitrogens is 4. The van der Waals surface area contributed by atoms with Crippen LogP contribution in [0.3, 0.4) is 0 Å². The molecule has 7 nitrogen and oxygen atoms in total. The zero-order chi connectivity index (χ0) is 18.6. The van der Waals surface area contributed by atoms with E-state index >= 15 is 0 Å². The number of carbonyl (C=O) groups excluding carboxylic acids is 1. The topological polar surface area (TPSA) is 75.9 Å². The predicted octanol–water partition coefficient (Wildman–Crippen LogP) is 2.60. The largest absolute Gasteiger partial charge is 0.350 e. The van der Waals surface area contributed by atoms with Gasteiger partial charge in [0.15, 0.2) is 0 Å². The second-order valence-electron chi connectivity index (χ2n) is 6.74. The van der Waals surface area contributed by atoms with E-state index in [0.717, 1.165) is 24.3 Å². The number of nitrogens with one attached hydrogen (secondary N) is 1. The molecule has 1 atom stereocenters. The fraction of sp³-hybridized carbons (Fsp3) is 0.368. The Morgan fingerprint density at radius 1 is 1.30 bits per heavy atom. The highest BCUT2D eigenvalue weighted by Gasteiger charge is 2.24. The fourth-order valence-electron chi connectivity index (χ4n) is 3.56. The van der Waals surface area contributed by atoms with Gasteiger partial charge in [0.1, 0.15) is 6.33 Å². The summed E-state index contributed by atoms with van der Waals surface area (Å²) in [4.78, 5) is 16.5. The van der Waals surface area contributed by atoms with E-state index in [4.69, 9.17) is 0 Å². The van der Waals surface area contributed by atoms with E-state index in [1.165, 1.54) is 17.7 Å². The molecule has 3 aromatic rings. The molecule has 140 valence electrons. The molecule has 3 heterocycles. The summed E-state index contributed by atoms with van der Waals surface area (Å²) in [7, 11) is 0. The van der Waals surface area contributed by atoms with Crippen molar-refractivity contribution < 1.29 is 4.79 Å². The van der Waals surface area contributed by atoms with Crippen LogP contribution in [-0.4, -0.2) is 50.6 Å². The third kappa shape index (κ3) is 3.91. The van der Waals surface area contributed by atoms with Gasteiger partial charge >= 0.3 is 0 Å². The molecule has 1 aromatic carbocycles. The molecule has 1 aliphatic rings. The molecule has 1 N–H and O–H groups in total. The highest BCUT2D eigenvalue weighted by Crippen LogP contribution is 2.28. The van der Waals surface area contributed by atoms with Crippen LogP contribution in [0, 0.1) is 6.92 Å². The zero-order valence-corrected chi connectivity index (χ0v) is 16.0. The lowest BCUT2D eigenvalue weighted by molar-refractivity contribution is 0.0938. The molecule has 1 aliphatic heterocycles. The van der Waals surface area contributed by atoms with E-state index < -0.39 is 0 Å². The molecule has 1 fully saturated rings. The van der Waals surface area contributed by atoms with Gasteiger partial charge < -0.3 is 5.32 Å². The number of rotatable bonds is 6. The summed E-state index contributed by atoms with van der Waals surface area (Å²) in [6.45, 7) is 4.76. The SMILES string of the molecule is Cc1cc(C(=O)NCC(c2cccs2)N2CCCC2)ccc1-n1cnnn1. The summed E-state index contributed by atoms with van der Waals surface area (Å²) < 4.78 is 1.59. The second kappa shape index (κ2) is 7.98. The van der Waals surface area contributed by atoms with E-state index in [-0.39, 0.29) is 11.9 Å². The van der Waals surface area contributed by atoms with Crippen LogP contribution in [0.25, 0.3) is 5.69 Å². The van der Waals surface area contributed by atoms with E-state index in [1.54, 1.807) is 22.3 Å². The number of hydrogen-bond donors (Lipinski definition) is 1. The van der Waals surface area contributed by atoms with Crippen LogP contribution in [-0.2, 0) is 0 Å². The number of aryl methyl sites for hydroxylation is 1. The van der Waals surface area contributed by atoms with Crippen LogP contribution in [0.5, 0.6) is 0 Å². The molecule has 1 saturated heterocycles. The predicted molar refractivity (Wildman–Crippen MR) is 104 cm³/mol. The van der Waals surface area contributed by atoms with Gasteiger partial charge in [-0.1, -0.05) is 6.07 Å². The Morgan fingerprint density at radius 2 is 2.15 bits per heavy atom. The third-order valence-electron chi connectivity index (χ3n) is 4.96. The summed E-state index contributed by atoms with van der Waals surface area (Å²) in [5.74, 6) is -0.0536. The highest BCUT2D eigenvalue weighted by atomic mass is 32.1. The monoisotopic (exact) mass is 382 g/mol. The van der Waals surface area contributed by atoms with Crippen molar-refractivity contribution in [3.8, 4) is 5.69 Å². The first-order valence-corrected chi connectivity index (χ1v) is 10.00. The smallest absolute Gasteiger partial charge is 0.251 e. The van der Waals surface area contributed by atoms with Crippen molar-refractivity contribution in [1.82, 2.24) is 30.4 Å². The first-order chi connectivity index (χ1) is 13.2. The first-order valence-electron chi connectivity index (χ1n) is 9.12. The Hall–Kier alpha value is -2.58. The lowest BCUT2D eigenvalue weighted by atomic mass is 10.1. The number of likely N-dealkylation sites (tertiary alicyclic amines) is 1. The minimum Gasteiger partial charge on any atom is -0.350 e. The summed E-state index contributed by atoms with van der Waals surface area (Å²) >= 11 is 1.75. The minimum atomic E-state index is -0.0536. The van der Waals surface area contributed by atoms with Gasteiger partial charge in [0, 0.05) is 17.0 Å². The molecule has 0 spiro atoms. The summed E-state index contributed by atoms with van der Waals surface area (Å²) in [5.41, 5.74) is 2.46. The van der Waals surface area contributed by atoms with Gasteiger partial charge in [0.05, 0.1) is 11.7 Å². The number of benzene rings is 1. The van der Waals surface area contributed by atoms with E-state index in [0.29, 0.717) is 12.1 Å². The van der Waals surface area contributed by atoms with E-state index in [1.807, 2.05) is 25.1 Å². The fourth-order valence-corrected chi connectivity index (χ4v) is 4.42. The number of hydrogen-bond acceptors (Lipinski definition) is 6. The molecule has 1 unspecified atom stereocenters. The third-order valence-corrected chi connectivity index (χ3v) is 5.94. The molecule has 0 radical (unpaired) electrons. The van der Waals surface area contributed by atoms with Crippen LogP contribution >= 0.6 is 11.3 Å². The average Bonchev–Trinajstić information content (AvgIpc) is 3.44. The number of thiophene rings is 1. The van der Waals surface area contributed by atoms with Crippen molar-refractivity contribution in [2.45, 2.75) is 25.8 Å². The molecule has 4 rings (SSSR count). The van der Waals surface area contributed by atoms with Gasteiger partial charge in [0.25, 0.3) is 5.91 Å². The standard InChI is InChI=1S/C19H22N6OS/c1-14-11-15(6-7-16(14)25-13-21-22-23-25)19(26)20-12-17(18-5-4-10-27-18)24-8-2-3-9-24/h4-7,10-11,13,17H,2-3,8-9,12H2,1H3,(H,20,26). The number of nitrogens with zero attached hydrogens (tertiary/aromatic N) is 5. The number of tetrazole rings is 1. The maximum atomic E-state index is 12.7. The first kappa shape index (κ1) is 17.8. The number of carbonyl (C=O) groups is 1. The van der Waals surface area contributed by atoms with Crippen molar-refractivity contribution in [3.05, 3.63) is 58.0 Å². The summed E-state index contributed by atoms with van der Waals surface area (Å²) in [6.07, 6.45) is 4.00. The minimum absolute atomic E-state index is 0.0536. The molecule has 1 amide bonds. The zero-order valence-electron chi connectivity index (χ0n) is 15.2. The average molecular weight is 382 g/mol. The van der Waals surface area contributed by atoms with Gasteiger partial charge in [-0.15, -0.1) is 16.4 Å². The molecule has 27 heavy (non-hydrogen) atoms. The van der Waals surface area contributed by atoms with Crippen LogP contribution in [0.1, 0.15) is 39.7 Å². The lowest BCUT2D eigenvalue weighted by Gasteiger charge is -2.27. The van der Waals surface area contributed by atoms with Crippen LogP contribution < -0.4 is 5.32 Å². The molecular formula is C19H22N6OS. The maximum Gasteiger partial charge on any atom is 0.251 e. The van der Waals surface area contributed by atoms with Gasteiger partial charge in [0.2, 0.25) is 0 Å². The molecule has 8 heteroatoms. The highest BCUT2D eigenvalue weighted by molar-refractivity contribution is 7.10. The molecule has 0 saturated carbocycles.